The van der Waals surface area contributed by atoms with E-state index in [0.717, 1.165) is 5.75 Å². The molecular weight excluding hydrogens is 379 g/mol. The number of carbonyl (C=O) groups excluding carboxylic acids is 1. The third-order valence-corrected chi connectivity index (χ3v) is 3.98. The molecule has 2 aromatic carbocycles. The van der Waals surface area contributed by atoms with Crippen LogP contribution < -0.4 is 19.9 Å². The first-order chi connectivity index (χ1) is 12.0. The van der Waals surface area contributed by atoms with Gasteiger partial charge in [-0.3, -0.25) is 4.79 Å². The van der Waals surface area contributed by atoms with Gasteiger partial charge in [-0.05, 0) is 30.3 Å². The highest BCUT2D eigenvalue weighted by Gasteiger charge is 2.18. The molecule has 0 bridgehead atoms. The van der Waals surface area contributed by atoms with E-state index in [-0.39, 0.29) is 18.3 Å². The average molecular weight is 401 g/mol. The number of anilines is 1. The predicted molar refractivity (Wildman–Crippen MR) is 105 cm³/mol. The van der Waals surface area contributed by atoms with Crippen LogP contribution in [0.5, 0.6) is 17.2 Å². The molecule has 6 nitrogen and oxygen atoms in total. The van der Waals surface area contributed by atoms with E-state index in [0.29, 0.717) is 40.9 Å². The summed E-state index contributed by atoms with van der Waals surface area (Å²) >= 11 is 6.01. The molecule has 1 amide bonds. The maximum Gasteiger partial charge on any atom is 0.257 e. The molecule has 0 spiro atoms. The van der Waals surface area contributed by atoms with Gasteiger partial charge in [0, 0.05) is 13.1 Å². The number of nitrogens with zero attached hydrogens (tertiary/aromatic N) is 1. The van der Waals surface area contributed by atoms with Crippen molar-refractivity contribution in [2.24, 2.45) is 0 Å². The topological polar surface area (TPSA) is 74.0 Å². The molecule has 0 aromatic heterocycles. The van der Waals surface area contributed by atoms with E-state index in [1.54, 1.807) is 14.2 Å². The van der Waals surface area contributed by atoms with Crippen LogP contribution in [0.4, 0.5) is 5.69 Å². The van der Waals surface area contributed by atoms with E-state index in [9.17, 15) is 4.79 Å². The van der Waals surface area contributed by atoms with Crippen LogP contribution in [0, 0.1) is 0 Å². The molecule has 0 saturated carbocycles. The molecule has 0 aliphatic carbocycles. The van der Waals surface area contributed by atoms with Crippen molar-refractivity contribution in [3.63, 3.8) is 0 Å². The Labute approximate surface area is 164 Å². The van der Waals surface area contributed by atoms with Crippen LogP contribution in [0.15, 0.2) is 36.4 Å². The van der Waals surface area contributed by atoms with Crippen LogP contribution in [-0.2, 0) is 0 Å². The number of hydrogen-bond acceptors (Lipinski definition) is 5. The number of methoxy groups -OCH3 is 2. The SMILES string of the molecule is COc1ccc(OCCN(C)C(=O)c2cc(Cl)c(N)cc2OC)cc1.Cl. The Balaban J connectivity index is 0.00000338. The third-order valence-electron chi connectivity index (χ3n) is 3.65. The van der Waals surface area contributed by atoms with Gasteiger partial charge in [0.15, 0.2) is 0 Å². The molecule has 0 saturated heterocycles. The van der Waals surface area contributed by atoms with Gasteiger partial charge >= 0.3 is 0 Å². The lowest BCUT2D eigenvalue weighted by Gasteiger charge is -2.19. The number of rotatable bonds is 7. The van der Waals surface area contributed by atoms with Gasteiger partial charge in [0.2, 0.25) is 0 Å². The highest BCUT2D eigenvalue weighted by molar-refractivity contribution is 6.33. The molecule has 26 heavy (non-hydrogen) atoms. The van der Waals surface area contributed by atoms with E-state index in [4.69, 9.17) is 31.5 Å². The lowest BCUT2D eigenvalue weighted by atomic mass is 10.1. The van der Waals surface area contributed by atoms with Gasteiger partial charge in [-0.15, -0.1) is 12.4 Å². The molecule has 0 aliphatic rings. The summed E-state index contributed by atoms with van der Waals surface area (Å²) in [5.41, 5.74) is 6.46. The largest absolute Gasteiger partial charge is 0.497 e. The number of halogens is 2. The molecule has 0 radical (unpaired) electrons. The van der Waals surface area contributed by atoms with Crippen molar-refractivity contribution in [2.75, 3.05) is 40.2 Å². The van der Waals surface area contributed by atoms with Gasteiger partial charge in [-0.2, -0.15) is 0 Å². The van der Waals surface area contributed by atoms with Crippen molar-refractivity contribution in [2.45, 2.75) is 0 Å². The van der Waals surface area contributed by atoms with Gasteiger partial charge < -0.3 is 24.8 Å². The monoisotopic (exact) mass is 400 g/mol. The van der Waals surface area contributed by atoms with Crippen LogP contribution in [-0.4, -0.2) is 45.2 Å². The van der Waals surface area contributed by atoms with Gasteiger partial charge in [0.05, 0.1) is 37.0 Å². The Bertz CT molecular complexity index is 739. The second-order valence-electron chi connectivity index (χ2n) is 5.32. The normalized spacial score (nSPS) is 9.85. The summed E-state index contributed by atoms with van der Waals surface area (Å²) in [6, 6.07) is 10.3. The Kier molecular flexibility index (Phi) is 8.35. The van der Waals surface area contributed by atoms with Gasteiger partial charge in [0.1, 0.15) is 23.9 Å². The zero-order chi connectivity index (χ0) is 18.4. The van der Waals surface area contributed by atoms with Crippen LogP contribution in [0.1, 0.15) is 10.4 Å². The Morgan fingerprint density at radius 2 is 1.73 bits per heavy atom. The average Bonchev–Trinajstić information content (AvgIpc) is 2.63. The summed E-state index contributed by atoms with van der Waals surface area (Å²) in [5.74, 6) is 1.62. The summed E-state index contributed by atoms with van der Waals surface area (Å²) in [4.78, 5) is 14.1. The van der Waals surface area contributed by atoms with Crippen LogP contribution in [0.3, 0.4) is 0 Å². The highest BCUT2D eigenvalue weighted by Crippen LogP contribution is 2.29. The number of benzene rings is 2. The minimum Gasteiger partial charge on any atom is -0.497 e. The van der Waals surface area contributed by atoms with Crippen molar-refractivity contribution < 1.29 is 19.0 Å². The molecular formula is C18H22Cl2N2O4. The quantitative estimate of drug-likeness (QED) is 0.719. The molecule has 0 fully saturated rings. The van der Waals surface area contributed by atoms with Crippen molar-refractivity contribution in [1.29, 1.82) is 0 Å². The zero-order valence-electron chi connectivity index (χ0n) is 14.8. The molecule has 0 unspecified atom stereocenters. The fraction of sp³-hybridized carbons (Fsp3) is 0.278. The summed E-state index contributed by atoms with van der Waals surface area (Å²) in [5, 5.41) is 0.312. The zero-order valence-corrected chi connectivity index (χ0v) is 16.4. The molecule has 0 heterocycles. The van der Waals surface area contributed by atoms with Crippen LogP contribution in [0.25, 0.3) is 0 Å². The molecule has 2 rings (SSSR count). The van der Waals surface area contributed by atoms with E-state index in [1.807, 2.05) is 24.3 Å². The second-order valence-corrected chi connectivity index (χ2v) is 5.73. The van der Waals surface area contributed by atoms with Crippen molar-refractivity contribution in [1.82, 2.24) is 4.90 Å². The number of ether oxygens (including phenoxy) is 3. The lowest BCUT2D eigenvalue weighted by Crippen LogP contribution is -2.31. The first kappa shape index (κ1) is 21.7. The van der Waals surface area contributed by atoms with Crippen LogP contribution in [0.2, 0.25) is 5.02 Å². The van der Waals surface area contributed by atoms with Gasteiger partial charge in [-0.1, -0.05) is 11.6 Å². The maximum absolute atomic E-state index is 12.6. The van der Waals surface area contributed by atoms with E-state index in [1.165, 1.54) is 24.1 Å². The first-order valence-corrected chi connectivity index (χ1v) is 7.99. The molecule has 142 valence electrons. The van der Waals surface area contributed by atoms with E-state index in [2.05, 4.69) is 0 Å². The predicted octanol–water partition coefficient (Wildman–Crippen LogP) is 3.51. The smallest absolute Gasteiger partial charge is 0.257 e. The summed E-state index contributed by atoms with van der Waals surface area (Å²) in [6.45, 7) is 0.746. The summed E-state index contributed by atoms with van der Waals surface area (Å²) in [7, 11) is 4.77. The fourth-order valence-corrected chi connectivity index (χ4v) is 2.35. The maximum atomic E-state index is 12.6. The van der Waals surface area contributed by atoms with Crippen LogP contribution >= 0.6 is 24.0 Å². The summed E-state index contributed by atoms with van der Waals surface area (Å²) in [6.07, 6.45) is 0. The first-order valence-electron chi connectivity index (χ1n) is 7.61. The number of nitrogens with two attached hydrogens (primary N) is 1. The number of hydrogen-bond donors (Lipinski definition) is 1. The number of likely N-dealkylation sites (N-methyl/N-ethyl adjacent to an activating group) is 1. The number of carbonyl (C=O) groups is 1. The number of amides is 1. The molecule has 2 aromatic rings. The van der Waals surface area contributed by atoms with E-state index >= 15 is 0 Å². The van der Waals surface area contributed by atoms with Crippen molar-refractivity contribution >= 4 is 35.6 Å². The fourth-order valence-electron chi connectivity index (χ4n) is 2.18. The van der Waals surface area contributed by atoms with Gasteiger partial charge in [0.25, 0.3) is 5.91 Å². The lowest BCUT2D eigenvalue weighted by molar-refractivity contribution is 0.0770. The molecule has 0 aliphatic heterocycles. The Hall–Kier alpha value is -2.31. The Morgan fingerprint density at radius 1 is 1.12 bits per heavy atom. The molecule has 0 atom stereocenters. The standard InChI is InChI=1S/C18H21ClN2O4.ClH/c1-21(8-9-25-13-6-4-12(23-2)5-7-13)18(22)14-10-15(19)16(20)11-17(14)24-3;/h4-7,10-11H,8-9,20H2,1-3H3;1H. The summed E-state index contributed by atoms with van der Waals surface area (Å²) < 4.78 is 15.9. The minimum atomic E-state index is -0.225. The highest BCUT2D eigenvalue weighted by atomic mass is 35.5. The minimum absolute atomic E-state index is 0. The van der Waals surface area contributed by atoms with Gasteiger partial charge in [-0.25, -0.2) is 0 Å². The molecule has 8 heteroatoms. The molecule has 2 N–H and O–H groups in total. The van der Waals surface area contributed by atoms with E-state index < -0.39 is 0 Å². The van der Waals surface area contributed by atoms with Crippen molar-refractivity contribution in [3.05, 3.63) is 47.0 Å². The Morgan fingerprint density at radius 3 is 2.31 bits per heavy atom. The third kappa shape index (κ3) is 5.34. The van der Waals surface area contributed by atoms with Crippen molar-refractivity contribution in [3.8, 4) is 17.2 Å². The second kappa shape index (κ2) is 9.99. The number of nitrogen functional groups attached to an aromatic ring is 1.